The third kappa shape index (κ3) is 3.89. The van der Waals surface area contributed by atoms with E-state index in [4.69, 9.17) is 0 Å². The average Bonchev–Trinajstić information content (AvgIpc) is 2.81. The Morgan fingerprint density at radius 3 is 2.94 bits per heavy atom. The molecule has 3 nitrogen and oxygen atoms in total. The molecule has 0 amide bonds. The van der Waals surface area contributed by atoms with E-state index in [-0.39, 0.29) is 0 Å². The topological polar surface area (TPSA) is 37.8 Å². The molecule has 2 rings (SSSR count). The summed E-state index contributed by atoms with van der Waals surface area (Å²) in [6.07, 6.45) is 1.98. The first kappa shape index (κ1) is 13.2. The minimum absolute atomic E-state index is 0.828. The Labute approximate surface area is 112 Å². The molecular formula is C14H19N3S. The van der Waals surface area contributed by atoms with Gasteiger partial charge in [0.05, 0.1) is 5.69 Å². The molecule has 4 heteroatoms. The van der Waals surface area contributed by atoms with Crippen LogP contribution in [0.4, 0.5) is 0 Å². The Morgan fingerprint density at radius 2 is 2.22 bits per heavy atom. The molecule has 0 saturated heterocycles. The lowest BCUT2D eigenvalue weighted by Crippen LogP contribution is -2.16. The van der Waals surface area contributed by atoms with Crippen molar-refractivity contribution < 1.29 is 0 Å². The second-order valence-corrected chi connectivity index (χ2v) is 5.38. The van der Waals surface area contributed by atoms with Crippen LogP contribution in [0.2, 0.25) is 0 Å². The Bertz CT molecular complexity index is 480. The molecule has 0 aliphatic carbocycles. The third-order valence-electron chi connectivity index (χ3n) is 2.60. The van der Waals surface area contributed by atoms with Gasteiger partial charge in [0.15, 0.2) is 0 Å². The van der Waals surface area contributed by atoms with Crippen LogP contribution in [-0.4, -0.2) is 16.5 Å². The smallest absolute Gasteiger partial charge is 0.134 e. The van der Waals surface area contributed by atoms with Gasteiger partial charge in [0.1, 0.15) is 5.82 Å². The van der Waals surface area contributed by atoms with Crippen LogP contribution >= 0.6 is 11.3 Å². The standard InChI is InChI=1S/C14H19N3S/c1-3-6-15-10-12-8-11(2)16-14(17-12)9-13-5-4-7-18-13/h4-5,7-8,15H,3,6,9-10H2,1-2H3. The highest BCUT2D eigenvalue weighted by molar-refractivity contribution is 7.09. The summed E-state index contributed by atoms with van der Waals surface area (Å²) in [5, 5.41) is 5.47. The molecule has 1 N–H and O–H groups in total. The quantitative estimate of drug-likeness (QED) is 0.812. The van der Waals surface area contributed by atoms with Crippen molar-refractivity contribution in [2.75, 3.05) is 6.54 Å². The molecule has 2 heterocycles. The summed E-state index contributed by atoms with van der Waals surface area (Å²) in [4.78, 5) is 10.4. The largest absolute Gasteiger partial charge is 0.311 e. The molecule has 2 aromatic heterocycles. The maximum absolute atomic E-state index is 4.61. The minimum Gasteiger partial charge on any atom is -0.311 e. The first-order valence-electron chi connectivity index (χ1n) is 6.34. The number of aromatic nitrogens is 2. The van der Waals surface area contributed by atoms with E-state index in [0.717, 1.165) is 43.1 Å². The predicted octanol–water partition coefficient (Wildman–Crippen LogP) is 2.94. The van der Waals surface area contributed by atoms with Crippen molar-refractivity contribution >= 4 is 11.3 Å². The van der Waals surface area contributed by atoms with Crippen LogP contribution in [0.25, 0.3) is 0 Å². The molecule has 0 fully saturated rings. The van der Waals surface area contributed by atoms with E-state index in [1.807, 2.05) is 6.92 Å². The van der Waals surface area contributed by atoms with Crippen molar-refractivity contribution in [2.24, 2.45) is 0 Å². The highest BCUT2D eigenvalue weighted by Crippen LogP contribution is 2.13. The lowest BCUT2D eigenvalue weighted by molar-refractivity contribution is 0.658. The maximum atomic E-state index is 4.61. The van der Waals surface area contributed by atoms with Gasteiger partial charge in [-0.15, -0.1) is 11.3 Å². The zero-order valence-corrected chi connectivity index (χ0v) is 11.8. The van der Waals surface area contributed by atoms with Gasteiger partial charge in [0, 0.05) is 23.5 Å². The zero-order valence-electron chi connectivity index (χ0n) is 10.9. The highest BCUT2D eigenvalue weighted by Gasteiger charge is 2.04. The van der Waals surface area contributed by atoms with Gasteiger partial charge >= 0.3 is 0 Å². The van der Waals surface area contributed by atoms with E-state index in [0.29, 0.717) is 0 Å². The lowest BCUT2D eigenvalue weighted by atomic mass is 10.2. The zero-order chi connectivity index (χ0) is 12.8. The first-order chi connectivity index (χ1) is 8.78. The van der Waals surface area contributed by atoms with Gasteiger partial charge in [-0.3, -0.25) is 0 Å². The molecule has 0 atom stereocenters. The third-order valence-corrected chi connectivity index (χ3v) is 3.48. The molecular weight excluding hydrogens is 242 g/mol. The summed E-state index contributed by atoms with van der Waals surface area (Å²) < 4.78 is 0. The first-order valence-corrected chi connectivity index (χ1v) is 7.22. The van der Waals surface area contributed by atoms with Crippen LogP contribution in [0.15, 0.2) is 23.6 Å². The molecule has 0 bridgehead atoms. The molecule has 0 aliphatic rings. The number of hydrogen-bond donors (Lipinski definition) is 1. The van der Waals surface area contributed by atoms with Crippen molar-refractivity contribution in [1.29, 1.82) is 0 Å². The van der Waals surface area contributed by atoms with Crippen molar-refractivity contribution in [3.63, 3.8) is 0 Å². The molecule has 0 radical (unpaired) electrons. The Hall–Kier alpha value is -1.26. The van der Waals surface area contributed by atoms with Gasteiger partial charge in [-0.05, 0) is 37.4 Å². The second-order valence-electron chi connectivity index (χ2n) is 4.35. The summed E-state index contributed by atoms with van der Waals surface area (Å²) in [7, 11) is 0. The van der Waals surface area contributed by atoms with Crippen LogP contribution in [0.5, 0.6) is 0 Å². The van der Waals surface area contributed by atoms with Crippen molar-refractivity contribution in [1.82, 2.24) is 15.3 Å². The van der Waals surface area contributed by atoms with Crippen LogP contribution in [-0.2, 0) is 13.0 Å². The molecule has 0 aromatic carbocycles. The fraction of sp³-hybridized carbons (Fsp3) is 0.429. The fourth-order valence-electron chi connectivity index (χ4n) is 1.83. The average molecular weight is 261 g/mol. The summed E-state index contributed by atoms with van der Waals surface area (Å²) in [6, 6.07) is 6.26. The van der Waals surface area contributed by atoms with Gasteiger partial charge in [-0.25, -0.2) is 9.97 Å². The number of thiophene rings is 1. The second kappa shape index (κ2) is 6.61. The normalized spacial score (nSPS) is 10.8. The number of rotatable bonds is 6. The molecule has 96 valence electrons. The van der Waals surface area contributed by atoms with Crippen LogP contribution in [0.3, 0.4) is 0 Å². The van der Waals surface area contributed by atoms with Crippen LogP contribution in [0.1, 0.15) is 35.4 Å². The predicted molar refractivity (Wildman–Crippen MR) is 75.9 cm³/mol. The number of aryl methyl sites for hydroxylation is 1. The SMILES string of the molecule is CCCNCc1cc(C)nc(Cc2cccs2)n1. The Balaban J connectivity index is 2.06. The van der Waals surface area contributed by atoms with Crippen LogP contribution < -0.4 is 5.32 Å². The van der Waals surface area contributed by atoms with Gasteiger partial charge in [0.2, 0.25) is 0 Å². The fourth-order valence-corrected chi connectivity index (χ4v) is 2.53. The number of hydrogen-bond acceptors (Lipinski definition) is 4. The maximum Gasteiger partial charge on any atom is 0.134 e. The van der Waals surface area contributed by atoms with Crippen molar-refractivity contribution in [2.45, 2.75) is 33.2 Å². The molecule has 0 aliphatic heterocycles. The summed E-state index contributed by atoms with van der Waals surface area (Å²) in [5.74, 6) is 0.922. The molecule has 0 spiro atoms. The summed E-state index contributed by atoms with van der Waals surface area (Å²) in [6.45, 7) is 6.06. The van der Waals surface area contributed by atoms with Gasteiger partial charge in [0.25, 0.3) is 0 Å². The number of nitrogens with zero attached hydrogens (tertiary/aromatic N) is 2. The minimum atomic E-state index is 0.828. The monoisotopic (exact) mass is 261 g/mol. The van der Waals surface area contributed by atoms with E-state index in [2.05, 4.69) is 45.8 Å². The van der Waals surface area contributed by atoms with Gasteiger partial charge in [-0.2, -0.15) is 0 Å². The Morgan fingerprint density at radius 1 is 1.33 bits per heavy atom. The van der Waals surface area contributed by atoms with E-state index in [1.165, 1.54) is 4.88 Å². The van der Waals surface area contributed by atoms with E-state index in [9.17, 15) is 0 Å². The molecule has 0 saturated carbocycles. The van der Waals surface area contributed by atoms with Gasteiger partial charge in [-0.1, -0.05) is 13.0 Å². The molecule has 0 unspecified atom stereocenters. The molecule has 18 heavy (non-hydrogen) atoms. The van der Waals surface area contributed by atoms with E-state index >= 15 is 0 Å². The number of nitrogens with one attached hydrogen (secondary N) is 1. The van der Waals surface area contributed by atoms with E-state index in [1.54, 1.807) is 11.3 Å². The van der Waals surface area contributed by atoms with Crippen molar-refractivity contribution in [3.8, 4) is 0 Å². The summed E-state index contributed by atoms with van der Waals surface area (Å²) >= 11 is 1.76. The summed E-state index contributed by atoms with van der Waals surface area (Å²) in [5.41, 5.74) is 2.13. The molecule has 2 aromatic rings. The Kier molecular flexibility index (Phi) is 4.84. The lowest BCUT2D eigenvalue weighted by Gasteiger charge is -2.06. The highest BCUT2D eigenvalue weighted by atomic mass is 32.1. The van der Waals surface area contributed by atoms with Gasteiger partial charge < -0.3 is 5.32 Å². The van der Waals surface area contributed by atoms with Crippen LogP contribution in [0, 0.1) is 6.92 Å². The van der Waals surface area contributed by atoms with Crippen molar-refractivity contribution in [3.05, 3.63) is 45.7 Å². The van der Waals surface area contributed by atoms with E-state index < -0.39 is 0 Å².